The van der Waals surface area contributed by atoms with Crippen LogP contribution < -0.4 is 0 Å². The molecule has 0 saturated heterocycles. The lowest BCUT2D eigenvalue weighted by Gasteiger charge is -1.83. The normalized spacial score (nSPS) is 8.18. The smallest absolute Gasteiger partial charge is 0.185 e. The molecule has 0 bridgehead atoms. The van der Waals surface area contributed by atoms with E-state index in [9.17, 15) is 9.59 Å². The van der Waals surface area contributed by atoms with E-state index < -0.39 is 0 Å². The molecule has 100 valence electrons. The number of hydrogen-bond donors (Lipinski definition) is 0. The maximum atomic E-state index is 9.89. The third-order valence-electron chi connectivity index (χ3n) is 0.872. The summed E-state index contributed by atoms with van der Waals surface area (Å²) in [6, 6.07) is 0. The Morgan fingerprint density at radius 1 is 1.18 bits per heavy atom. The van der Waals surface area contributed by atoms with Crippen LogP contribution >= 0.6 is 11.8 Å². The Kier molecular flexibility index (Phi) is 21.4. The van der Waals surface area contributed by atoms with Gasteiger partial charge in [0.05, 0.1) is 11.9 Å². The number of nitrogens with zero attached hydrogens (tertiary/aromatic N) is 2. The first kappa shape index (κ1) is 21.1. The zero-order valence-electron chi connectivity index (χ0n) is 11.6. The van der Waals surface area contributed by atoms with Gasteiger partial charge in [-0.25, -0.2) is 0 Å². The van der Waals surface area contributed by atoms with Gasteiger partial charge in [-0.05, 0) is 20.1 Å². The second kappa shape index (κ2) is 17.2. The van der Waals surface area contributed by atoms with Crippen LogP contribution in [0.5, 0.6) is 0 Å². The first-order valence-electron chi connectivity index (χ1n) is 4.83. The molecule has 6 heteroatoms. The first-order valence-corrected chi connectivity index (χ1v) is 6.05. The van der Waals surface area contributed by atoms with Gasteiger partial charge in [0.25, 0.3) is 0 Å². The van der Waals surface area contributed by atoms with Gasteiger partial charge < -0.3 is 4.84 Å². The molecular weight excluding hydrogens is 240 g/mol. The molecule has 17 heavy (non-hydrogen) atoms. The van der Waals surface area contributed by atoms with Crippen molar-refractivity contribution in [3.8, 4) is 0 Å². The van der Waals surface area contributed by atoms with Gasteiger partial charge in [0.15, 0.2) is 10.9 Å². The molecule has 0 amide bonds. The van der Waals surface area contributed by atoms with E-state index in [1.54, 1.807) is 20.2 Å². The zero-order valence-corrected chi connectivity index (χ0v) is 12.4. The fourth-order valence-corrected chi connectivity index (χ4v) is 0.364. The highest BCUT2D eigenvalue weighted by Crippen LogP contribution is 1.88. The van der Waals surface area contributed by atoms with Crippen molar-refractivity contribution >= 4 is 34.6 Å². The van der Waals surface area contributed by atoms with Crippen LogP contribution in [0.1, 0.15) is 27.7 Å². The van der Waals surface area contributed by atoms with Gasteiger partial charge >= 0.3 is 0 Å². The molecule has 0 heterocycles. The van der Waals surface area contributed by atoms with Gasteiger partial charge in [-0.15, -0.1) is 0 Å². The van der Waals surface area contributed by atoms with Crippen LogP contribution in [0.2, 0.25) is 0 Å². The van der Waals surface area contributed by atoms with E-state index in [1.807, 2.05) is 13.8 Å². The third kappa shape index (κ3) is 52.3. The number of carbonyl (C=O) groups is 2. The summed E-state index contributed by atoms with van der Waals surface area (Å²) in [6.45, 7) is 6.77. The molecule has 0 rings (SSSR count). The van der Waals surface area contributed by atoms with E-state index >= 15 is 0 Å². The molecule has 0 fully saturated rings. The number of hydrogen-bond acceptors (Lipinski definition) is 6. The molecule has 0 aliphatic carbocycles. The first-order chi connectivity index (χ1) is 7.81. The third-order valence-corrected chi connectivity index (χ3v) is 1.45. The van der Waals surface area contributed by atoms with Gasteiger partial charge in [-0.1, -0.05) is 16.9 Å². The second-order valence-electron chi connectivity index (χ2n) is 2.91. The highest BCUT2D eigenvalue weighted by atomic mass is 32.2. The standard InChI is InChI=1S/C4H7NO.C4H9NO.C3H6OS/c1-4(6)3-5-2;1-4(2)5-6-3;1-3(4)5-2/h3H,1-2H3;1-3H3;1-2H3. The van der Waals surface area contributed by atoms with Crippen molar-refractivity contribution in [1.82, 2.24) is 0 Å². The molecule has 0 aromatic heterocycles. The summed E-state index contributed by atoms with van der Waals surface area (Å²) in [5.41, 5.74) is 0.942. The molecule has 0 aliphatic rings. The van der Waals surface area contributed by atoms with Crippen LogP contribution in [0.3, 0.4) is 0 Å². The number of rotatable bonds is 2. The Hall–Kier alpha value is -1.17. The van der Waals surface area contributed by atoms with Crippen molar-refractivity contribution in [2.24, 2.45) is 10.1 Å². The summed E-state index contributed by atoms with van der Waals surface area (Å²) in [6.07, 6.45) is 3.04. The van der Waals surface area contributed by atoms with Crippen LogP contribution in [-0.4, -0.2) is 43.2 Å². The van der Waals surface area contributed by atoms with Crippen LogP contribution in [0.4, 0.5) is 0 Å². The number of Topliss-reactive ketones (excluding diaryl/α,β-unsaturated/α-hetero) is 1. The second-order valence-corrected chi connectivity index (χ2v) is 3.90. The molecule has 0 unspecified atom stereocenters. The minimum atomic E-state index is -0.00231. The Bertz CT molecular complexity index is 256. The number of thioether (sulfide) groups is 1. The number of ketones is 1. The lowest BCUT2D eigenvalue weighted by Crippen LogP contribution is -1.87. The van der Waals surface area contributed by atoms with Crippen LogP contribution in [0.25, 0.3) is 0 Å². The highest BCUT2D eigenvalue weighted by Gasteiger charge is 1.77. The lowest BCUT2D eigenvalue weighted by molar-refractivity contribution is -0.111. The van der Waals surface area contributed by atoms with Crippen molar-refractivity contribution in [3.63, 3.8) is 0 Å². The number of aliphatic imine (C=N–C) groups is 1. The van der Waals surface area contributed by atoms with E-state index in [0.29, 0.717) is 0 Å². The average molecular weight is 262 g/mol. The number of carbonyl (C=O) groups excluding carboxylic acids is 2. The molecular formula is C11H22N2O3S. The van der Waals surface area contributed by atoms with E-state index in [2.05, 4.69) is 15.0 Å². The van der Waals surface area contributed by atoms with Crippen molar-refractivity contribution in [2.75, 3.05) is 20.4 Å². The van der Waals surface area contributed by atoms with Crippen molar-refractivity contribution < 1.29 is 14.4 Å². The van der Waals surface area contributed by atoms with Crippen molar-refractivity contribution in [3.05, 3.63) is 0 Å². The fourth-order valence-electron chi connectivity index (χ4n) is 0.364. The molecule has 0 N–H and O–H groups in total. The Balaban J connectivity index is -0.000000174. The molecule has 0 spiro atoms. The average Bonchev–Trinajstić information content (AvgIpc) is 2.19. The Labute approximate surface area is 108 Å². The van der Waals surface area contributed by atoms with Crippen molar-refractivity contribution in [1.29, 1.82) is 0 Å². The quantitative estimate of drug-likeness (QED) is 0.565. The van der Waals surface area contributed by atoms with E-state index in [0.717, 1.165) is 5.71 Å². The van der Waals surface area contributed by atoms with E-state index in [1.165, 1.54) is 32.0 Å². The Morgan fingerprint density at radius 2 is 1.59 bits per heavy atom. The molecule has 0 aromatic rings. The van der Waals surface area contributed by atoms with E-state index in [-0.39, 0.29) is 10.9 Å². The molecule has 0 radical (unpaired) electrons. The number of oxime groups is 1. The maximum Gasteiger partial charge on any atom is 0.185 e. The predicted octanol–water partition coefficient (Wildman–Crippen LogP) is 2.20. The highest BCUT2D eigenvalue weighted by molar-refractivity contribution is 8.12. The topological polar surface area (TPSA) is 68.1 Å². The minimum Gasteiger partial charge on any atom is -0.399 e. The van der Waals surface area contributed by atoms with Crippen LogP contribution in [0.15, 0.2) is 10.1 Å². The summed E-state index contributed by atoms with van der Waals surface area (Å²) in [7, 11) is 3.11. The molecule has 0 aromatic carbocycles. The SMILES string of the molecule is CN=CC(C)=O.CON=C(C)C.CSC(C)=O. The molecule has 0 atom stereocenters. The van der Waals surface area contributed by atoms with Gasteiger partial charge in [-0.2, -0.15) is 0 Å². The lowest BCUT2D eigenvalue weighted by atomic mass is 10.5. The van der Waals surface area contributed by atoms with E-state index in [4.69, 9.17) is 0 Å². The minimum absolute atomic E-state index is 0.00231. The Morgan fingerprint density at radius 3 is 1.59 bits per heavy atom. The molecule has 5 nitrogen and oxygen atoms in total. The largest absolute Gasteiger partial charge is 0.399 e. The monoisotopic (exact) mass is 262 g/mol. The fraction of sp³-hybridized carbons (Fsp3) is 0.636. The van der Waals surface area contributed by atoms with Crippen molar-refractivity contribution in [2.45, 2.75) is 27.7 Å². The van der Waals surface area contributed by atoms with Crippen LogP contribution in [0, 0.1) is 0 Å². The van der Waals surface area contributed by atoms with Crippen LogP contribution in [-0.2, 0) is 14.4 Å². The summed E-state index contributed by atoms with van der Waals surface area (Å²) >= 11 is 1.24. The maximum absolute atomic E-state index is 9.89. The van der Waals surface area contributed by atoms with Gasteiger partial charge in [-0.3, -0.25) is 14.6 Å². The predicted molar refractivity (Wildman–Crippen MR) is 75.1 cm³/mol. The summed E-state index contributed by atoms with van der Waals surface area (Å²) < 4.78 is 0. The summed E-state index contributed by atoms with van der Waals surface area (Å²) in [5, 5.41) is 3.71. The van der Waals surface area contributed by atoms with Gasteiger partial charge in [0.2, 0.25) is 0 Å². The molecule has 0 aliphatic heterocycles. The van der Waals surface area contributed by atoms with Gasteiger partial charge in [0, 0.05) is 20.9 Å². The summed E-state index contributed by atoms with van der Waals surface area (Å²) in [5.74, 6) is -0.00231. The summed E-state index contributed by atoms with van der Waals surface area (Å²) in [4.78, 5) is 27.5. The molecule has 0 saturated carbocycles. The zero-order chi connectivity index (χ0) is 14.3. The van der Waals surface area contributed by atoms with Gasteiger partial charge in [0.1, 0.15) is 7.11 Å².